The Labute approximate surface area is 123 Å². The second-order valence-corrected chi connectivity index (χ2v) is 4.97. The van der Waals surface area contributed by atoms with Gasteiger partial charge < -0.3 is 10.3 Å². The van der Waals surface area contributed by atoms with Gasteiger partial charge in [-0.1, -0.05) is 59.8 Å². The summed E-state index contributed by atoms with van der Waals surface area (Å²) < 4.78 is 5.44. The molecule has 0 amide bonds. The summed E-state index contributed by atoms with van der Waals surface area (Å²) in [4.78, 5) is 4.53. The van der Waals surface area contributed by atoms with E-state index in [1.807, 2.05) is 61.5 Å². The van der Waals surface area contributed by atoms with Crippen LogP contribution in [-0.2, 0) is 0 Å². The number of aryl methyl sites for hydroxylation is 1. The van der Waals surface area contributed by atoms with Crippen molar-refractivity contribution in [3.8, 4) is 11.4 Å². The molecule has 1 aromatic heterocycles. The van der Waals surface area contributed by atoms with Crippen LogP contribution >= 0.6 is 0 Å². The summed E-state index contributed by atoms with van der Waals surface area (Å²) in [6, 6.07) is 18.0. The van der Waals surface area contributed by atoms with Gasteiger partial charge in [-0.3, -0.25) is 0 Å². The lowest BCUT2D eigenvalue weighted by molar-refractivity contribution is 0.367. The predicted molar refractivity (Wildman–Crippen MR) is 81.8 cm³/mol. The van der Waals surface area contributed by atoms with E-state index in [0.29, 0.717) is 18.3 Å². The Hall–Kier alpha value is -2.46. The molecular formula is C17H17N3O. The summed E-state index contributed by atoms with van der Waals surface area (Å²) in [7, 11) is 0. The molecule has 0 aliphatic carbocycles. The van der Waals surface area contributed by atoms with Crippen LogP contribution in [0.1, 0.15) is 22.9 Å². The van der Waals surface area contributed by atoms with E-state index in [9.17, 15) is 0 Å². The van der Waals surface area contributed by atoms with Gasteiger partial charge in [-0.2, -0.15) is 4.98 Å². The zero-order chi connectivity index (χ0) is 14.7. The van der Waals surface area contributed by atoms with E-state index in [2.05, 4.69) is 10.1 Å². The topological polar surface area (TPSA) is 64.9 Å². The third kappa shape index (κ3) is 2.71. The zero-order valence-corrected chi connectivity index (χ0v) is 11.9. The van der Waals surface area contributed by atoms with Gasteiger partial charge in [0.05, 0.1) is 5.92 Å². The largest absolute Gasteiger partial charge is 0.338 e. The fraction of sp³-hybridized carbons (Fsp3) is 0.176. The fourth-order valence-electron chi connectivity index (χ4n) is 2.37. The third-order valence-electron chi connectivity index (χ3n) is 3.56. The monoisotopic (exact) mass is 279 g/mol. The number of hydrogen-bond acceptors (Lipinski definition) is 4. The summed E-state index contributed by atoms with van der Waals surface area (Å²) in [6.45, 7) is 2.46. The van der Waals surface area contributed by atoms with Gasteiger partial charge in [0.1, 0.15) is 0 Å². The van der Waals surface area contributed by atoms with E-state index in [-0.39, 0.29) is 5.92 Å². The van der Waals surface area contributed by atoms with Gasteiger partial charge in [-0.15, -0.1) is 0 Å². The highest BCUT2D eigenvalue weighted by Gasteiger charge is 2.20. The molecule has 0 bridgehead atoms. The number of hydrogen-bond donors (Lipinski definition) is 1. The van der Waals surface area contributed by atoms with Crippen LogP contribution in [0, 0.1) is 6.92 Å². The van der Waals surface area contributed by atoms with Crippen molar-refractivity contribution in [3.05, 3.63) is 71.6 Å². The standard InChI is InChI=1S/C17H17N3O/c1-12-7-5-6-10-14(12)16-19-17(21-20-16)15(11-18)13-8-3-2-4-9-13/h2-10,15H,11,18H2,1H3. The van der Waals surface area contributed by atoms with Gasteiger partial charge in [0, 0.05) is 12.1 Å². The Bertz CT molecular complexity index is 722. The number of rotatable bonds is 4. The van der Waals surface area contributed by atoms with Crippen molar-refractivity contribution in [3.63, 3.8) is 0 Å². The minimum atomic E-state index is -0.0727. The molecule has 0 fully saturated rings. The molecule has 2 aromatic carbocycles. The summed E-state index contributed by atoms with van der Waals surface area (Å²) in [5.41, 5.74) is 9.07. The van der Waals surface area contributed by atoms with Crippen molar-refractivity contribution in [2.24, 2.45) is 5.73 Å². The molecule has 4 heteroatoms. The Balaban J connectivity index is 1.96. The number of nitrogens with two attached hydrogens (primary N) is 1. The summed E-state index contributed by atoms with van der Waals surface area (Å²) in [6.07, 6.45) is 0. The van der Waals surface area contributed by atoms with Crippen LogP contribution < -0.4 is 5.73 Å². The average molecular weight is 279 g/mol. The van der Waals surface area contributed by atoms with E-state index in [1.165, 1.54) is 0 Å². The van der Waals surface area contributed by atoms with Crippen LogP contribution in [0.3, 0.4) is 0 Å². The molecule has 0 saturated heterocycles. The molecule has 106 valence electrons. The second-order valence-electron chi connectivity index (χ2n) is 4.97. The molecule has 0 aliphatic heterocycles. The van der Waals surface area contributed by atoms with Gasteiger partial charge in [-0.05, 0) is 18.1 Å². The minimum Gasteiger partial charge on any atom is -0.338 e. The van der Waals surface area contributed by atoms with Crippen molar-refractivity contribution < 1.29 is 4.52 Å². The van der Waals surface area contributed by atoms with E-state index in [4.69, 9.17) is 10.3 Å². The fourth-order valence-corrected chi connectivity index (χ4v) is 2.37. The van der Waals surface area contributed by atoms with Crippen LogP contribution in [0.5, 0.6) is 0 Å². The predicted octanol–water partition coefficient (Wildman–Crippen LogP) is 3.14. The first-order valence-corrected chi connectivity index (χ1v) is 6.94. The number of benzene rings is 2. The zero-order valence-electron chi connectivity index (χ0n) is 11.9. The summed E-state index contributed by atoms with van der Waals surface area (Å²) >= 11 is 0. The Morgan fingerprint density at radius 3 is 2.48 bits per heavy atom. The van der Waals surface area contributed by atoms with Crippen LogP contribution in [0.15, 0.2) is 59.1 Å². The Morgan fingerprint density at radius 2 is 1.76 bits per heavy atom. The number of aromatic nitrogens is 2. The Kier molecular flexibility index (Phi) is 3.79. The third-order valence-corrected chi connectivity index (χ3v) is 3.56. The molecule has 1 unspecified atom stereocenters. The highest BCUT2D eigenvalue weighted by molar-refractivity contribution is 5.59. The van der Waals surface area contributed by atoms with Crippen LogP contribution in [0.4, 0.5) is 0 Å². The lowest BCUT2D eigenvalue weighted by atomic mass is 9.99. The molecule has 1 atom stereocenters. The van der Waals surface area contributed by atoms with Crippen molar-refractivity contribution in [2.45, 2.75) is 12.8 Å². The van der Waals surface area contributed by atoms with Gasteiger partial charge in [0.2, 0.25) is 11.7 Å². The quantitative estimate of drug-likeness (QED) is 0.796. The van der Waals surface area contributed by atoms with E-state index in [0.717, 1.165) is 16.7 Å². The van der Waals surface area contributed by atoms with Gasteiger partial charge in [0.25, 0.3) is 0 Å². The van der Waals surface area contributed by atoms with E-state index < -0.39 is 0 Å². The SMILES string of the molecule is Cc1ccccc1-c1noc(C(CN)c2ccccc2)n1. The maximum atomic E-state index is 5.89. The lowest BCUT2D eigenvalue weighted by Gasteiger charge is -2.09. The van der Waals surface area contributed by atoms with Crippen LogP contribution in [0.25, 0.3) is 11.4 Å². The molecule has 2 N–H and O–H groups in total. The number of nitrogens with zero attached hydrogens (tertiary/aromatic N) is 2. The summed E-state index contributed by atoms with van der Waals surface area (Å²) in [5, 5.41) is 4.10. The van der Waals surface area contributed by atoms with Crippen molar-refractivity contribution >= 4 is 0 Å². The van der Waals surface area contributed by atoms with E-state index in [1.54, 1.807) is 0 Å². The maximum absolute atomic E-state index is 5.89. The lowest BCUT2D eigenvalue weighted by Crippen LogP contribution is -2.14. The molecule has 3 aromatic rings. The molecule has 21 heavy (non-hydrogen) atoms. The van der Waals surface area contributed by atoms with Gasteiger partial charge in [0.15, 0.2) is 0 Å². The molecule has 1 heterocycles. The Morgan fingerprint density at radius 1 is 1.05 bits per heavy atom. The first-order chi connectivity index (χ1) is 10.3. The first kappa shape index (κ1) is 13.5. The van der Waals surface area contributed by atoms with Crippen molar-refractivity contribution in [2.75, 3.05) is 6.54 Å². The normalized spacial score (nSPS) is 12.3. The van der Waals surface area contributed by atoms with Gasteiger partial charge >= 0.3 is 0 Å². The molecule has 3 rings (SSSR count). The smallest absolute Gasteiger partial charge is 0.235 e. The second kappa shape index (κ2) is 5.89. The van der Waals surface area contributed by atoms with Crippen molar-refractivity contribution in [1.29, 1.82) is 0 Å². The molecule has 0 radical (unpaired) electrons. The van der Waals surface area contributed by atoms with Crippen molar-refractivity contribution in [1.82, 2.24) is 10.1 Å². The molecule has 0 saturated carbocycles. The highest BCUT2D eigenvalue weighted by Crippen LogP contribution is 2.26. The molecule has 4 nitrogen and oxygen atoms in total. The van der Waals surface area contributed by atoms with E-state index >= 15 is 0 Å². The first-order valence-electron chi connectivity index (χ1n) is 6.94. The van der Waals surface area contributed by atoms with Gasteiger partial charge in [-0.25, -0.2) is 0 Å². The average Bonchev–Trinajstić information content (AvgIpc) is 2.99. The minimum absolute atomic E-state index is 0.0727. The maximum Gasteiger partial charge on any atom is 0.235 e. The highest BCUT2D eigenvalue weighted by atomic mass is 16.5. The summed E-state index contributed by atoms with van der Waals surface area (Å²) in [5.74, 6) is 1.09. The molecule has 0 spiro atoms. The molecular weight excluding hydrogens is 262 g/mol. The van der Waals surface area contributed by atoms with Crippen LogP contribution in [0.2, 0.25) is 0 Å². The molecule has 0 aliphatic rings. The van der Waals surface area contributed by atoms with Crippen LogP contribution in [-0.4, -0.2) is 16.7 Å².